The van der Waals surface area contributed by atoms with Crippen molar-refractivity contribution in [3.63, 3.8) is 0 Å². The number of nitrogens with one attached hydrogen (secondary N) is 2. The van der Waals surface area contributed by atoms with E-state index in [-0.39, 0.29) is 5.91 Å². The van der Waals surface area contributed by atoms with Gasteiger partial charge < -0.3 is 0 Å². The second-order valence-electron chi connectivity index (χ2n) is 5.57. The lowest BCUT2D eigenvalue weighted by atomic mass is 9.91. The number of amides is 1. The Labute approximate surface area is 139 Å². The number of carbonyl (C=O) groups excluding carboxylic acids is 1. The fourth-order valence-corrected chi connectivity index (χ4v) is 4.06. The average molecular weight is 320 g/mol. The summed E-state index contributed by atoms with van der Waals surface area (Å²) in [6.45, 7) is 0. The maximum absolute atomic E-state index is 12.4. The van der Waals surface area contributed by atoms with Crippen LogP contribution in [0.25, 0.3) is 10.4 Å². The van der Waals surface area contributed by atoms with E-state index in [2.05, 4.69) is 35.1 Å². The number of rotatable bonds is 3. The van der Waals surface area contributed by atoms with E-state index in [1.165, 1.54) is 21.6 Å². The first-order chi connectivity index (χ1) is 11.3. The number of para-hydroxylation sites is 1. The number of hydrogen-bond donors (Lipinski definition) is 2. The Balaban J connectivity index is 1.55. The van der Waals surface area contributed by atoms with Crippen molar-refractivity contribution in [1.29, 1.82) is 0 Å². The maximum Gasteiger partial charge on any atom is 0.279 e. The van der Waals surface area contributed by atoms with Crippen molar-refractivity contribution < 1.29 is 4.79 Å². The summed E-state index contributed by atoms with van der Waals surface area (Å²) < 4.78 is 0. The van der Waals surface area contributed by atoms with Gasteiger partial charge in [-0.3, -0.25) is 15.6 Å². The van der Waals surface area contributed by atoms with Gasteiger partial charge in [-0.15, -0.1) is 11.3 Å². The van der Waals surface area contributed by atoms with E-state index >= 15 is 0 Å². The average Bonchev–Trinajstić information content (AvgIpc) is 3.05. The highest BCUT2D eigenvalue weighted by Crippen LogP contribution is 2.39. The van der Waals surface area contributed by atoms with Crippen molar-refractivity contribution in [2.75, 3.05) is 5.43 Å². The number of benzene rings is 2. The Hall–Kier alpha value is -2.59. The van der Waals surface area contributed by atoms with Gasteiger partial charge in [-0.1, -0.05) is 42.5 Å². The molecule has 2 N–H and O–H groups in total. The van der Waals surface area contributed by atoms with Crippen LogP contribution >= 0.6 is 11.3 Å². The fourth-order valence-electron chi connectivity index (χ4n) is 2.90. The number of aryl methyl sites for hydroxylation is 2. The van der Waals surface area contributed by atoms with Gasteiger partial charge in [0.25, 0.3) is 5.91 Å². The highest BCUT2D eigenvalue weighted by molar-refractivity contribution is 7.17. The molecule has 4 rings (SSSR count). The van der Waals surface area contributed by atoms with E-state index in [0.717, 1.165) is 23.4 Å². The van der Waals surface area contributed by atoms with E-state index in [0.29, 0.717) is 0 Å². The summed E-state index contributed by atoms with van der Waals surface area (Å²) in [6.07, 6.45) is 2.05. The first-order valence-electron chi connectivity index (χ1n) is 7.63. The SMILES string of the molecule is O=C(NNc1ccccc1)c1cc2c(s1)-c1ccccc1CC2. The summed E-state index contributed by atoms with van der Waals surface area (Å²) in [5.41, 5.74) is 10.5. The van der Waals surface area contributed by atoms with Crippen LogP contribution in [0.15, 0.2) is 60.7 Å². The van der Waals surface area contributed by atoms with E-state index in [1.54, 1.807) is 11.3 Å². The van der Waals surface area contributed by atoms with E-state index in [9.17, 15) is 4.79 Å². The molecule has 1 aliphatic rings. The Kier molecular flexibility index (Phi) is 3.60. The Morgan fingerprint density at radius 1 is 0.913 bits per heavy atom. The molecule has 2 aromatic carbocycles. The Morgan fingerprint density at radius 2 is 1.65 bits per heavy atom. The topological polar surface area (TPSA) is 41.1 Å². The fraction of sp³-hybridized carbons (Fsp3) is 0.105. The van der Waals surface area contributed by atoms with Crippen molar-refractivity contribution in [3.05, 3.63) is 76.7 Å². The molecule has 3 nitrogen and oxygen atoms in total. The van der Waals surface area contributed by atoms with Gasteiger partial charge in [-0.05, 0) is 47.7 Å². The van der Waals surface area contributed by atoms with Crippen molar-refractivity contribution in [1.82, 2.24) is 5.43 Å². The molecule has 114 valence electrons. The summed E-state index contributed by atoms with van der Waals surface area (Å²) in [7, 11) is 0. The van der Waals surface area contributed by atoms with Crippen LogP contribution in [0.5, 0.6) is 0 Å². The quantitative estimate of drug-likeness (QED) is 0.708. The molecule has 0 saturated carbocycles. The monoisotopic (exact) mass is 320 g/mol. The largest absolute Gasteiger partial charge is 0.298 e. The molecule has 3 aromatic rings. The van der Waals surface area contributed by atoms with Crippen LogP contribution in [-0.2, 0) is 12.8 Å². The minimum absolute atomic E-state index is 0.0919. The Bertz CT molecular complexity index is 855. The number of carbonyl (C=O) groups is 1. The van der Waals surface area contributed by atoms with Crippen molar-refractivity contribution in [2.24, 2.45) is 0 Å². The maximum atomic E-state index is 12.4. The first-order valence-corrected chi connectivity index (χ1v) is 8.45. The molecule has 1 aliphatic carbocycles. The molecule has 0 bridgehead atoms. The molecular formula is C19H16N2OS. The standard InChI is InChI=1S/C19H16N2OS/c22-19(21-20-15-7-2-1-3-8-15)17-12-14-11-10-13-6-4-5-9-16(13)18(14)23-17/h1-9,12,20H,10-11H2,(H,21,22). The normalized spacial score (nSPS) is 12.2. The van der Waals surface area contributed by atoms with Gasteiger partial charge in [0.1, 0.15) is 0 Å². The first kappa shape index (κ1) is 14.0. The molecule has 23 heavy (non-hydrogen) atoms. The van der Waals surface area contributed by atoms with Crippen molar-refractivity contribution in [2.45, 2.75) is 12.8 Å². The molecule has 1 aromatic heterocycles. The molecule has 0 saturated heterocycles. The molecule has 1 amide bonds. The molecule has 0 fully saturated rings. The zero-order valence-corrected chi connectivity index (χ0v) is 13.3. The van der Waals surface area contributed by atoms with Gasteiger partial charge in [0.05, 0.1) is 10.6 Å². The molecule has 0 aliphatic heterocycles. The number of thiophene rings is 1. The van der Waals surface area contributed by atoms with Crippen LogP contribution in [-0.4, -0.2) is 5.91 Å². The smallest absolute Gasteiger partial charge is 0.279 e. The number of anilines is 1. The summed E-state index contributed by atoms with van der Waals surface area (Å²) in [4.78, 5) is 14.4. The third kappa shape index (κ3) is 2.73. The zero-order valence-electron chi connectivity index (χ0n) is 12.5. The van der Waals surface area contributed by atoms with Gasteiger partial charge in [0, 0.05) is 4.88 Å². The molecule has 1 heterocycles. The van der Waals surface area contributed by atoms with E-state index in [1.807, 2.05) is 36.4 Å². The molecule has 0 spiro atoms. The predicted octanol–water partition coefficient (Wildman–Crippen LogP) is 4.27. The summed E-state index contributed by atoms with van der Waals surface area (Å²) in [5, 5.41) is 0. The second kappa shape index (κ2) is 5.89. The summed E-state index contributed by atoms with van der Waals surface area (Å²) in [6, 6.07) is 20.1. The van der Waals surface area contributed by atoms with Crippen LogP contribution in [0, 0.1) is 0 Å². The van der Waals surface area contributed by atoms with Crippen molar-refractivity contribution >= 4 is 22.9 Å². The van der Waals surface area contributed by atoms with Gasteiger partial charge in [0.15, 0.2) is 0 Å². The lowest BCUT2D eigenvalue weighted by Gasteiger charge is -2.15. The summed E-state index contributed by atoms with van der Waals surface area (Å²) in [5.74, 6) is -0.0919. The predicted molar refractivity (Wildman–Crippen MR) is 94.7 cm³/mol. The van der Waals surface area contributed by atoms with Gasteiger partial charge >= 0.3 is 0 Å². The van der Waals surface area contributed by atoms with Gasteiger partial charge in [-0.25, -0.2) is 0 Å². The third-order valence-corrected chi connectivity index (χ3v) is 5.26. The van der Waals surface area contributed by atoms with Gasteiger partial charge in [0.2, 0.25) is 0 Å². The van der Waals surface area contributed by atoms with Crippen LogP contribution in [0.1, 0.15) is 20.8 Å². The molecule has 0 atom stereocenters. The third-order valence-electron chi connectivity index (χ3n) is 4.05. The minimum Gasteiger partial charge on any atom is -0.298 e. The molecule has 4 heteroatoms. The highest BCUT2D eigenvalue weighted by atomic mass is 32.1. The van der Waals surface area contributed by atoms with Crippen LogP contribution in [0.2, 0.25) is 0 Å². The van der Waals surface area contributed by atoms with E-state index < -0.39 is 0 Å². The van der Waals surface area contributed by atoms with Crippen LogP contribution in [0.3, 0.4) is 0 Å². The van der Waals surface area contributed by atoms with Crippen molar-refractivity contribution in [3.8, 4) is 10.4 Å². The van der Waals surface area contributed by atoms with E-state index in [4.69, 9.17) is 0 Å². The Morgan fingerprint density at radius 3 is 2.52 bits per heavy atom. The minimum atomic E-state index is -0.0919. The van der Waals surface area contributed by atoms with Crippen LogP contribution < -0.4 is 10.9 Å². The summed E-state index contributed by atoms with van der Waals surface area (Å²) >= 11 is 1.57. The van der Waals surface area contributed by atoms with Crippen LogP contribution in [0.4, 0.5) is 5.69 Å². The molecular weight excluding hydrogens is 304 g/mol. The molecule has 0 radical (unpaired) electrons. The molecule has 0 unspecified atom stereocenters. The highest BCUT2D eigenvalue weighted by Gasteiger charge is 2.21. The number of fused-ring (bicyclic) bond motifs is 3. The second-order valence-corrected chi connectivity index (χ2v) is 6.62. The number of hydrazine groups is 1. The lowest BCUT2D eigenvalue weighted by molar-refractivity contribution is 0.0966. The number of hydrogen-bond acceptors (Lipinski definition) is 3. The zero-order chi connectivity index (χ0) is 15.6. The van der Waals surface area contributed by atoms with Gasteiger partial charge in [-0.2, -0.15) is 0 Å². The lowest BCUT2D eigenvalue weighted by Crippen LogP contribution is -2.28.